The second-order valence-electron chi connectivity index (χ2n) is 6.91. The molecule has 2 fully saturated rings. The van der Waals surface area contributed by atoms with Crippen LogP contribution in [0.4, 0.5) is 0 Å². The number of carbonyl (C=O) groups excluding carboxylic acids is 1. The van der Waals surface area contributed by atoms with Gasteiger partial charge in [-0.2, -0.15) is 0 Å². The largest absolute Gasteiger partial charge is 0.633 e. The summed E-state index contributed by atoms with van der Waals surface area (Å²) in [4.78, 5) is 12.2. The molecule has 2 heterocycles. The lowest BCUT2D eigenvalue weighted by Crippen LogP contribution is -2.53. The van der Waals surface area contributed by atoms with Crippen LogP contribution >= 0.6 is 0 Å². The van der Waals surface area contributed by atoms with Crippen LogP contribution in [-0.2, 0) is 9.53 Å². The van der Waals surface area contributed by atoms with E-state index in [1.165, 1.54) is 6.92 Å². The normalized spacial score (nSPS) is 36.3. The molecule has 0 radical (unpaired) electrons. The molecule has 2 aliphatic heterocycles. The zero-order valence-electron chi connectivity index (χ0n) is 13.1. The Kier molecular flexibility index (Phi) is 4.63. The van der Waals surface area contributed by atoms with Gasteiger partial charge in [0.25, 0.3) is 0 Å². The van der Waals surface area contributed by atoms with Crippen LogP contribution in [-0.4, -0.2) is 58.3 Å². The molecule has 0 aromatic rings. The van der Waals surface area contributed by atoms with E-state index in [0.717, 1.165) is 19.3 Å². The maximum absolute atomic E-state index is 12.4. The molecule has 5 atom stereocenters. The van der Waals surface area contributed by atoms with E-state index in [4.69, 9.17) is 4.74 Å². The van der Waals surface area contributed by atoms with Crippen LogP contribution < -0.4 is 0 Å². The van der Waals surface area contributed by atoms with Crippen LogP contribution in [0.15, 0.2) is 0 Å². The first-order chi connectivity index (χ1) is 9.71. The van der Waals surface area contributed by atoms with Crippen LogP contribution in [0.5, 0.6) is 0 Å². The average molecular weight is 301 g/mol. The van der Waals surface area contributed by atoms with Crippen LogP contribution in [0.25, 0.3) is 0 Å². The quantitative estimate of drug-likeness (QED) is 0.445. The first kappa shape index (κ1) is 16.7. The molecule has 6 nitrogen and oxygen atoms in total. The van der Waals surface area contributed by atoms with Crippen molar-refractivity contribution in [3.05, 3.63) is 5.21 Å². The Morgan fingerprint density at radius 3 is 2.62 bits per heavy atom. The van der Waals surface area contributed by atoms with Crippen molar-refractivity contribution in [2.45, 2.75) is 57.8 Å². The van der Waals surface area contributed by atoms with Gasteiger partial charge in [0.1, 0.15) is 6.61 Å². The maximum atomic E-state index is 12.4. The number of rotatable bonds is 5. The lowest BCUT2D eigenvalue weighted by Gasteiger charge is -2.40. The van der Waals surface area contributed by atoms with E-state index in [1.54, 1.807) is 13.8 Å². The summed E-state index contributed by atoms with van der Waals surface area (Å²) in [6, 6.07) is 0.0245. The molecule has 2 aliphatic rings. The molecule has 6 heteroatoms. The van der Waals surface area contributed by atoms with E-state index in [0.29, 0.717) is 13.1 Å². The number of nitrogens with zero attached hydrogens (tertiary/aromatic N) is 1. The average Bonchev–Trinajstić information content (AvgIpc) is 2.91. The fourth-order valence-electron chi connectivity index (χ4n) is 3.82. The van der Waals surface area contributed by atoms with Crippen LogP contribution in [0.1, 0.15) is 40.0 Å². The summed E-state index contributed by atoms with van der Waals surface area (Å²) in [6.45, 7) is 6.14. The first-order valence-electron chi connectivity index (χ1n) is 7.87. The minimum Gasteiger partial charge on any atom is -0.633 e. The minimum absolute atomic E-state index is 0.0245. The summed E-state index contributed by atoms with van der Waals surface area (Å²) in [7, 11) is 0. The Labute approximate surface area is 125 Å². The third-order valence-electron chi connectivity index (χ3n) is 5.34. The predicted molar refractivity (Wildman–Crippen MR) is 76.9 cm³/mol. The molecule has 0 bridgehead atoms. The van der Waals surface area contributed by atoms with Crippen molar-refractivity contribution in [1.29, 1.82) is 0 Å². The maximum Gasteiger partial charge on any atom is 0.341 e. The van der Waals surface area contributed by atoms with Gasteiger partial charge in [-0.25, -0.2) is 4.79 Å². The number of hydrogen-bond acceptors (Lipinski definition) is 5. The highest BCUT2D eigenvalue weighted by molar-refractivity contribution is 5.80. The highest BCUT2D eigenvalue weighted by atomic mass is 16.6. The second kappa shape index (κ2) is 5.83. The van der Waals surface area contributed by atoms with Crippen LogP contribution in [0, 0.1) is 17.0 Å². The zero-order valence-corrected chi connectivity index (χ0v) is 13.1. The van der Waals surface area contributed by atoms with Gasteiger partial charge in [0.05, 0.1) is 31.2 Å². The molecule has 0 saturated carbocycles. The number of carbonyl (C=O) groups is 1. The van der Waals surface area contributed by atoms with Gasteiger partial charge >= 0.3 is 5.97 Å². The number of hydrogen-bond donors (Lipinski definition) is 2. The van der Waals surface area contributed by atoms with Gasteiger partial charge in [0.2, 0.25) is 0 Å². The fraction of sp³-hybridized carbons (Fsp3) is 0.933. The number of aliphatic hydroxyl groups is 2. The predicted octanol–water partition coefficient (Wildman–Crippen LogP) is 0.794. The number of fused-ring (bicyclic) bond motifs is 1. The van der Waals surface area contributed by atoms with Gasteiger partial charge in [-0.15, -0.1) is 0 Å². The molecule has 0 aliphatic carbocycles. The van der Waals surface area contributed by atoms with Crippen LogP contribution in [0.2, 0.25) is 0 Å². The van der Waals surface area contributed by atoms with Gasteiger partial charge in [-0.05, 0) is 12.8 Å². The number of aliphatic hydroxyl groups excluding tert-OH is 1. The van der Waals surface area contributed by atoms with Crippen molar-refractivity contribution in [1.82, 2.24) is 0 Å². The summed E-state index contributed by atoms with van der Waals surface area (Å²) in [5.41, 5.74) is -1.89. The first-order valence-corrected chi connectivity index (χ1v) is 7.87. The minimum atomic E-state index is -1.89. The van der Waals surface area contributed by atoms with Gasteiger partial charge in [-0.1, -0.05) is 13.8 Å². The Bertz CT molecular complexity index is 390. The van der Waals surface area contributed by atoms with Crippen molar-refractivity contribution in [2.24, 2.45) is 11.8 Å². The number of ether oxygens (including phenoxy) is 1. The second-order valence-corrected chi connectivity index (χ2v) is 6.91. The molecule has 2 rings (SSSR count). The fourth-order valence-corrected chi connectivity index (χ4v) is 3.82. The smallest absolute Gasteiger partial charge is 0.341 e. The molecule has 0 amide bonds. The van der Waals surface area contributed by atoms with E-state index >= 15 is 0 Å². The van der Waals surface area contributed by atoms with Gasteiger partial charge < -0.3 is 24.8 Å². The van der Waals surface area contributed by atoms with Crippen molar-refractivity contribution >= 4 is 5.97 Å². The third kappa shape index (κ3) is 2.82. The molecule has 21 heavy (non-hydrogen) atoms. The van der Waals surface area contributed by atoms with E-state index < -0.39 is 23.6 Å². The number of quaternary nitrogens is 1. The highest BCUT2D eigenvalue weighted by Crippen LogP contribution is 2.39. The van der Waals surface area contributed by atoms with E-state index in [1.807, 2.05) is 0 Å². The zero-order chi connectivity index (χ0) is 15.8. The number of esters is 1. The van der Waals surface area contributed by atoms with E-state index in [9.17, 15) is 20.2 Å². The van der Waals surface area contributed by atoms with Gasteiger partial charge in [0.15, 0.2) is 5.60 Å². The SMILES string of the molecule is CC(C)C(O)(C(=O)OC[C@@H]1CC[N@+]2([O-])CCC[C@@H]12)C(C)O. The van der Waals surface area contributed by atoms with Gasteiger partial charge in [-0.3, -0.25) is 0 Å². The molecule has 0 aromatic carbocycles. The summed E-state index contributed by atoms with van der Waals surface area (Å²) < 4.78 is 5.12. The molecule has 2 N–H and O–H groups in total. The van der Waals surface area contributed by atoms with Crippen molar-refractivity contribution < 1.29 is 24.4 Å². The van der Waals surface area contributed by atoms with Crippen molar-refractivity contribution in [3.63, 3.8) is 0 Å². The summed E-state index contributed by atoms with van der Waals surface area (Å²) in [5.74, 6) is -1.17. The van der Waals surface area contributed by atoms with Gasteiger partial charge in [0, 0.05) is 19.3 Å². The molecular formula is C15H27NO5. The van der Waals surface area contributed by atoms with Crippen LogP contribution in [0.3, 0.4) is 0 Å². The summed E-state index contributed by atoms with van der Waals surface area (Å²) >= 11 is 0. The molecule has 0 spiro atoms. The van der Waals surface area contributed by atoms with Crippen molar-refractivity contribution in [3.8, 4) is 0 Å². The topological polar surface area (TPSA) is 89.8 Å². The van der Waals surface area contributed by atoms with E-state index in [-0.39, 0.29) is 23.2 Å². The standard InChI is InChI=1S/C15H27NO5/c1-10(2)15(19,11(3)17)14(18)21-9-12-6-8-16(20)7-4-5-13(12)16/h10-13,17,19H,4-9H2,1-3H3/t11?,12-,13-,15?,16+/m0/s1. The molecule has 2 saturated heterocycles. The van der Waals surface area contributed by atoms with E-state index in [2.05, 4.69) is 0 Å². The lowest BCUT2D eigenvalue weighted by atomic mass is 9.85. The number of hydroxylamine groups is 3. The monoisotopic (exact) mass is 301 g/mol. The summed E-state index contributed by atoms with van der Waals surface area (Å²) in [6.07, 6.45) is 1.38. The molecule has 122 valence electrons. The molecule has 2 unspecified atom stereocenters. The Balaban J connectivity index is 1.95. The Hall–Kier alpha value is -0.690. The highest BCUT2D eigenvalue weighted by Gasteiger charge is 2.49. The molecular weight excluding hydrogens is 274 g/mol. The Morgan fingerprint density at radius 2 is 2.05 bits per heavy atom. The lowest BCUT2D eigenvalue weighted by molar-refractivity contribution is -0.881. The summed E-state index contributed by atoms with van der Waals surface area (Å²) in [5, 5.41) is 32.5. The molecule has 0 aromatic heterocycles. The third-order valence-corrected chi connectivity index (χ3v) is 5.34. The van der Waals surface area contributed by atoms with Crippen molar-refractivity contribution in [2.75, 3.05) is 19.7 Å². The Morgan fingerprint density at radius 1 is 1.38 bits per heavy atom.